The van der Waals surface area contributed by atoms with E-state index in [4.69, 9.17) is 17.3 Å². The van der Waals surface area contributed by atoms with Gasteiger partial charge in [-0.25, -0.2) is 0 Å². The van der Waals surface area contributed by atoms with Gasteiger partial charge in [0.2, 0.25) is 0 Å². The van der Waals surface area contributed by atoms with Gasteiger partial charge in [-0.05, 0) is 19.8 Å². The highest BCUT2D eigenvalue weighted by atomic mass is 35.5. The van der Waals surface area contributed by atoms with E-state index in [1.165, 1.54) is 6.42 Å². The van der Waals surface area contributed by atoms with Crippen LogP contribution in [0.5, 0.6) is 0 Å². The maximum atomic E-state index is 6.40. The van der Waals surface area contributed by atoms with Crippen molar-refractivity contribution in [2.75, 3.05) is 5.75 Å². The summed E-state index contributed by atoms with van der Waals surface area (Å²) in [5.41, 5.74) is 8.31. The fraction of sp³-hybridized carbons (Fsp3) is 0.786. The third kappa shape index (κ3) is 4.69. The number of rotatable bonds is 8. The largest absolute Gasteiger partial charge is 0.327 e. The Balaban J connectivity index is 2.67. The van der Waals surface area contributed by atoms with E-state index in [1.54, 1.807) is 0 Å². The number of halogens is 1. The third-order valence-corrected chi connectivity index (χ3v) is 5.28. The average Bonchev–Trinajstić information content (AvgIpc) is 2.72. The highest BCUT2D eigenvalue weighted by molar-refractivity contribution is 7.99. The van der Waals surface area contributed by atoms with Crippen LogP contribution < -0.4 is 5.73 Å². The number of aryl methyl sites for hydroxylation is 2. The van der Waals surface area contributed by atoms with Crippen molar-refractivity contribution in [1.29, 1.82) is 0 Å². The van der Waals surface area contributed by atoms with Crippen LogP contribution in [0.3, 0.4) is 0 Å². The predicted octanol–water partition coefficient (Wildman–Crippen LogP) is 3.52. The van der Waals surface area contributed by atoms with E-state index >= 15 is 0 Å². The molecule has 0 aliphatic heterocycles. The Labute approximate surface area is 126 Å². The summed E-state index contributed by atoms with van der Waals surface area (Å²) in [6, 6.07) is 0.142. The topological polar surface area (TPSA) is 43.8 Å². The van der Waals surface area contributed by atoms with Gasteiger partial charge < -0.3 is 5.73 Å². The van der Waals surface area contributed by atoms with Gasteiger partial charge in [-0.3, -0.25) is 4.68 Å². The molecule has 0 aliphatic rings. The Morgan fingerprint density at radius 2 is 2.05 bits per heavy atom. The first kappa shape index (κ1) is 16.9. The molecule has 1 aromatic rings. The molecule has 0 amide bonds. The van der Waals surface area contributed by atoms with Gasteiger partial charge in [0.25, 0.3) is 0 Å². The van der Waals surface area contributed by atoms with Crippen LogP contribution in [-0.2, 0) is 19.4 Å². The lowest BCUT2D eigenvalue weighted by Crippen LogP contribution is -2.28. The van der Waals surface area contributed by atoms with E-state index in [1.807, 2.05) is 16.4 Å². The average molecular weight is 304 g/mol. The van der Waals surface area contributed by atoms with Gasteiger partial charge in [0.1, 0.15) is 0 Å². The van der Waals surface area contributed by atoms with E-state index in [0.717, 1.165) is 41.5 Å². The zero-order valence-electron chi connectivity index (χ0n) is 12.4. The molecule has 0 fully saturated rings. The van der Waals surface area contributed by atoms with Crippen LogP contribution in [0.4, 0.5) is 0 Å². The van der Waals surface area contributed by atoms with Crippen LogP contribution in [0.15, 0.2) is 0 Å². The van der Waals surface area contributed by atoms with Crippen molar-refractivity contribution in [3.63, 3.8) is 0 Å². The highest BCUT2D eigenvalue weighted by Gasteiger charge is 2.17. The van der Waals surface area contributed by atoms with Crippen LogP contribution >= 0.6 is 23.4 Å². The summed E-state index contributed by atoms with van der Waals surface area (Å²) in [4.78, 5) is 0. The van der Waals surface area contributed by atoms with Crippen LogP contribution in [0.25, 0.3) is 0 Å². The maximum absolute atomic E-state index is 6.40. The van der Waals surface area contributed by atoms with Crippen molar-refractivity contribution in [2.24, 2.45) is 5.73 Å². The summed E-state index contributed by atoms with van der Waals surface area (Å²) in [7, 11) is 0. The second-order valence-electron chi connectivity index (χ2n) is 4.89. The maximum Gasteiger partial charge on any atom is 0.0850 e. The van der Waals surface area contributed by atoms with Gasteiger partial charge in [-0.1, -0.05) is 32.4 Å². The van der Waals surface area contributed by atoms with Crippen LogP contribution in [0, 0.1) is 0 Å². The second kappa shape index (κ2) is 8.18. The fourth-order valence-corrected chi connectivity index (χ4v) is 3.20. The number of hydrogen-bond acceptors (Lipinski definition) is 3. The zero-order valence-corrected chi connectivity index (χ0v) is 14.0. The zero-order chi connectivity index (χ0) is 14.4. The second-order valence-corrected chi connectivity index (χ2v) is 6.74. The summed E-state index contributed by atoms with van der Waals surface area (Å²) < 4.78 is 1.99. The Bertz CT molecular complexity index is 392. The van der Waals surface area contributed by atoms with Crippen molar-refractivity contribution in [1.82, 2.24) is 9.78 Å². The van der Waals surface area contributed by atoms with Crippen LogP contribution in [-0.4, -0.2) is 26.8 Å². The van der Waals surface area contributed by atoms with Crippen molar-refractivity contribution in [3.05, 3.63) is 16.4 Å². The quantitative estimate of drug-likeness (QED) is 0.799. The first-order valence-corrected chi connectivity index (χ1v) is 8.57. The molecule has 0 saturated heterocycles. The normalized spacial score (nSPS) is 14.6. The molecule has 0 aromatic carbocycles. The lowest BCUT2D eigenvalue weighted by molar-refractivity contribution is 0.591. The minimum absolute atomic E-state index is 0.142. The van der Waals surface area contributed by atoms with Crippen LogP contribution in [0.2, 0.25) is 5.02 Å². The van der Waals surface area contributed by atoms with Crippen molar-refractivity contribution in [3.8, 4) is 0 Å². The molecule has 0 radical (unpaired) electrons. The molecule has 2 unspecified atom stereocenters. The summed E-state index contributed by atoms with van der Waals surface area (Å²) in [6.07, 6.45) is 2.86. The number of hydrogen-bond donors (Lipinski definition) is 1. The third-order valence-electron chi connectivity index (χ3n) is 3.32. The summed E-state index contributed by atoms with van der Waals surface area (Å²) >= 11 is 8.33. The number of nitrogens with zero attached hydrogens (tertiary/aromatic N) is 2. The molecule has 0 saturated carbocycles. The molecule has 110 valence electrons. The van der Waals surface area contributed by atoms with E-state index in [-0.39, 0.29) is 6.04 Å². The Morgan fingerprint density at radius 3 is 2.58 bits per heavy atom. The monoisotopic (exact) mass is 303 g/mol. The first-order valence-electron chi connectivity index (χ1n) is 7.14. The first-order chi connectivity index (χ1) is 9.03. The molecule has 5 heteroatoms. The fourth-order valence-electron chi connectivity index (χ4n) is 1.93. The molecule has 0 bridgehead atoms. The van der Waals surface area contributed by atoms with E-state index in [2.05, 4.69) is 32.8 Å². The molecule has 1 rings (SSSR count). The van der Waals surface area contributed by atoms with Gasteiger partial charge in [-0.15, -0.1) is 0 Å². The SMILES string of the molecule is CCc1nn(CC)c(CC(N)CSC(C)CC)c1Cl. The molecule has 0 aliphatic carbocycles. The molecule has 1 aromatic heterocycles. The van der Waals surface area contributed by atoms with Crippen molar-refractivity contribution in [2.45, 2.75) is 64.8 Å². The van der Waals surface area contributed by atoms with Gasteiger partial charge in [-0.2, -0.15) is 16.9 Å². The van der Waals surface area contributed by atoms with E-state index < -0.39 is 0 Å². The van der Waals surface area contributed by atoms with Gasteiger partial charge in [0, 0.05) is 30.0 Å². The molecule has 3 nitrogen and oxygen atoms in total. The Morgan fingerprint density at radius 1 is 1.37 bits per heavy atom. The Kier molecular flexibility index (Phi) is 7.26. The van der Waals surface area contributed by atoms with Crippen molar-refractivity contribution >= 4 is 23.4 Å². The van der Waals surface area contributed by atoms with Gasteiger partial charge in [0.15, 0.2) is 0 Å². The smallest absolute Gasteiger partial charge is 0.0850 e. The summed E-state index contributed by atoms with van der Waals surface area (Å²) in [6.45, 7) is 9.47. The minimum Gasteiger partial charge on any atom is -0.327 e. The van der Waals surface area contributed by atoms with Gasteiger partial charge in [0.05, 0.1) is 16.4 Å². The molecule has 1 heterocycles. The van der Waals surface area contributed by atoms with Gasteiger partial charge >= 0.3 is 0 Å². The predicted molar refractivity (Wildman–Crippen MR) is 86.2 cm³/mol. The van der Waals surface area contributed by atoms with Crippen LogP contribution in [0.1, 0.15) is 45.5 Å². The number of nitrogens with two attached hydrogens (primary N) is 1. The molecule has 2 atom stereocenters. The Hall–Kier alpha value is -0.190. The summed E-state index contributed by atoms with van der Waals surface area (Å²) in [5.74, 6) is 0.974. The molecule has 19 heavy (non-hydrogen) atoms. The standard InChI is InChI=1S/C14H26ClN3S/c1-5-10(4)19-9-11(16)8-13-14(15)12(6-2)17-18(13)7-3/h10-11H,5-9,16H2,1-4H3. The molecular formula is C14H26ClN3S. The van der Waals surface area contributed by atoms with E-state index in [9.17, 15) is 0 Å². The lowest BCUT2D eigenvalue weighted by atomic mass is 10.1. The van der Waals surface area contributed by atoms with E-state index in [0.29, 0.717) is 5.25 Å². The highest BCUT2D eigenvalue weighted by Crippen LogP contribution is 2.24. The summed E-state index contributed by atoms with van der Waals surface area (Å²) in [5, 5.41) is 6.02. The molecule has 2 N–H and O–H groups in total. The minimum atomic E-state index is 0.142. The van der Waals surface area contributed by atoms with Crippen molar-refractivity contribution < 1.29 is 0 Å². The number of thioether (sulfide) groups is 1. The number of aromatic nitrogens is 2. The lowest BCUT2D eigenvalue weighted by Gasteiger charge is -2.15. The molecule has 0 spiro atoms. The molecular weight excluding hydrogens is 278 g/mol.